The van der Waals surface area contributed by atoms with Gasteiger partial charge in [0, 0.05) is 0 Å². The molecule has 0 unspecified atom stereocenters. The van der Waals surface area contributed by atoms with Crippen LogP contribution in [0.4, 0.5) is 5.69 Å². The maximum absolute atomic E-state index is 11.9. The van der Waals surface area contributed by atoms with Gasteiger partial charge in [-0.3, -0.25) is 4.31 Å². The molecule has 3 nitrogen and oxygen atoms in total. The minimum Gasteiger partial charge on any atom is -0.266 e. The van der Waals surface area contributed by atoms with E-state index in [1.807, 2.05) is 49.4 Å². The Kier molecular flexibility index (Phi) is 3.90. The molecule has 2 rings (SSSR count). The molecule has 2 aromatic carbocycles. The zero-order chi connectivity index (χ0) is 13.9. The minimum absolute atomic E-state index is 0.350. The number of nitrogens with zero attached hydrogens (tertiary/aromatic N) is 1. The predicted octanol–water partition coefficient (Wildman–Crippen LogP) is 2.96. The highest BCUT2D eigenvalue weighted by Gasteiger charge is 2.17. The highest BCUT2D eigenvalue weighted by Crippen LogP contribution is 2.20. The van der Waals surface area contributed by atoms with Crippen molar-refractivity contribution in [2.24, 2.45) is 0 Å². The van der Waals surface area contributed by atoms with Crippen LogP contribution in [0.1, 0.15) is 11.1 Å². The van der Waals surface area contributed by atoms with E-state index >= 15 is 0 Å². The van der Waals surface area contributed by atoms with Crippen LogP contribution in [0.5, 0.6) is 0 Å². The minimum atomic E-state index is -3.29. The summed E-state index contributed by atoms with van der Waals surface area (Å²) < 4.78 is 25.3. The van der Waals surface area contributed by atoms with Crippen molar-refractivity contribution < 1.29 is 8.42 Å². The van der Waals surface area contributed by atoms with Crippen LogP contribution in [0.25, 0.3) is 0 Å². The fraction of sp³-hybridized carbons (Fsp3) is 0.200. The van der Waals surface area contributed by atoms with E-state index in [0.717, 1.165) is 11.1 Å². The summed E-state index contributed by atoms with van der Waals surface area (Å²) in [4.78, 5) is 0. The van der Waals surface area contributed by atoms with Gasteiger partial charge in [-0.05, 0) is 24.6 Å². The van der Waals surface area contributed by atoms with E-state index < -0.39 is 10.0 Å². The maximum atomic E-state index is 11.9. The first-order chi connectivity index (χ1) is 8.97. The number of aryl methyl sites for hydroxylation is 1. The third kappa shape index (κ3) is 3.58. The summed E-state index contributed by atoms with van der Waals surface area (Å²) in [7, 11) is -3.29. The van der Waals surface area contributed by atoms with E-state index in [-0.39, 0.29) is 0 Å². The molecule has 0 radical (unpaired) electrons. The van der Waals surface area contributed by atoms with Gasteiger partial charge in [0.25, 0.3) is 0 Å². The summed E-state index contributed by atoms with van der Waals surface area (Å²) in [6.07, 6.45) is 1.23. The van der Waals surface area contributed by atoms with Crippen LogP contribution in [-0.2, 0) is 16.6 Å². The predicted molar refractivity (Wildman–Crippen MR) is 78.6 cm³/mol. The second-order valence-corrected chi connectivity index (χ2v) is 6.50. The van der Waals surface area contributed by atoms with Gasteiger partial charge in [0.2, 0.25) is 10.0 Å². The van der Waals surface area contributed by atoms with Crippen LogP contribution in [0.15, 0.2) is 54.6 Å². The summed E-state index contributed by atoms with van der Waals surface area (Å²) in [5, 5.41) is 0. The van der Waals surface area contributed by atoms with Gasteiger partial charge >= 0.3 is 0 Å². The monoisotopic (exact) mass is 275 g/mol. The Hall–Kier alpha value is -1.81. The number of para-hydroxylation sites is 1. The molecule has 0 spiro atoms. The molecule has 4 heteroatoms. The van der Waals surface area contributed by atoms with Crippen LogP contribution in [0.2, 0.25) is 0 Å². The van der Waals surface area contributed by atoms with Gasteiger partial charge < -0.3 is 0 Å². The average Bonchev–Trinajstić information content (AvgIpc) is 2.37. The van der Waals surface area contributed by atoms with Gasteiger partial charge in [0.05, 0.1) is 18.5 Å². The lowest BCUT2D eigenvalue weighted by molar-refractivity contribution is 0.596. The first-order valence-electron chi connectivity index (χ1n) is 6.05. The third-order valence-corrected chi connectivity index (χ3v) is 4.03. The number of rotatable bonds is 4. The lowest BCUT2D eigenvalue weighted by Gasteiger charge is -2.22. The second-order valence-electron chi connectivity index (χ2n) is 4.59. The molecule has 100 valence electrons. The van der Waals surface area contributed by atoms with E-state index in [1.54, 1.807) is 12.1 Å². The van der Waals surface area contributed by atoms with Crippen molar-refractivity contribution in [3.05, 3.63) is 65.7 Å². The highest BCUT2D eigenvalue weighted by molar-refractivity contribution is 7.92. The molecule has 0 aromatic heterocycles. The Morgan fingerprint density at radius 3 is 2.05 bits per heavy atom. The summed E-state index contributed by atoms with van der Waals surface area (Å²) in [6.45, 7) is 2.36. The second kappa shape index (κ2) is 5.45. The molecule has 0 saturated heterocycles. The van der Waals surface area contributed by atoms with E-state index in [2.05, 4.69) is 0 Å². The molecule has 2 aromatic rings. The first-order valence-corrected chi connectivity index (χ1v) is 7.90. The first kappa shape index (κ1) is 13.6. The van der Waals surface area contributed by atoms with Crippen molar-refractivity contribution in [1.82, 2.24) is 0 Å². The van der Waals surface area contributed by atoms with E-state index in [4.69, 9.17) is 0 Å². The van der Waals surface area contributed by atoms with E-state index in [9.17, 15) is 8.42 Å². The Balaban J connectivity index is 2.33. The van der Waals surface area contributed by atoms with Crippen LogP contribution in [-0.4, -0.2) is 14.7 Å². The van der Waals surface area contributed by atoms with Gasteiger partial charge in [-0.1, -0.05) is 48.0 Å². The van der Waals surface area contributed by atoms with Gasteiger partial charge in [0.1, 0.15) is 0 Å². The van der Waals surface area contributed by atoms with Crippen molar-refractivity contribution in [2.45, 2.75) is 13.5 Å². The van der Waals surface area contributed by atoms with E-state index in [1.165, 1.54) is 10.6 Å². The molecule has 0 amide bonds. The molecule has 0 saturated carbocycles. The molecule has 0 heterocycles. The Bertz CT molecular complexity index is 634. The molecule has 0 N–H and O–H groups in total. The Morgan fingerprint density at radius 1 is 0.947 bits per heavy atom. The lowest BCUT2D eigenvalue weighted by atomic mass is 10.1. The normalized spacial score (nSPS) is 11.3. The molecular formula is C15H17NO2S. The van der Waals surface area contributed by atoms with E-state index in [0.29, 0.717) is 12.2 Å². The van der Waals surface area contributed by atoms with Crippen molar-refractivity contribution >= 4 is 15.7 Å². The molecule has 19 heavy (non-hydrogen) atoms. The fourth-order valence-electron chi connectivity index (χ4n) is 1.85. The van der Waals surface area contributed by atoms with Crippen molar-refractivity contribution in [1.29, 1.82) is 0 Å². The summed E-state index contributed by atoms with van der Waals surface area (Å²) in [5.74, 6) is 0. The summed E-state index contributed by atoms with van der Waals surface area (Å²) >= 11 is 0. The number of hydrogen-bond acceptors (Lipinski definition) is 2. The Morgan fingerprint density at radius 2 is 1.53 bits per heavy atom. The molecule has 0 atom stereocenters. The zero-order valence-corrected chi connectivity index (χ0v) is 11.9. The van der Waals surface area contributed by atoms with Gasteiger partial charge in [0.15, 0.2) is 0 Å². The van der Waals surface area contributed by atoms with Crippen LogP contribution in [0.3, 0.4) is 0 Å². The quantitative estimate of drug-likeness (QED) is 0.860. The largest absolute Gasteiger partial charge is 0.266 e. The number of sulfonamides is 1. The number of anilines is 1. The van der Waals surface area contributed by atoms with Crippen LogP contribution < -0.4 is 4.31 Å². The lowest BCUT2D eigenvalue weighted by Crippen LogP contribution is -2.29. The van der Waals surface area contributed by atoms with Crippen molar-refractivity contribution in [3.8, 4) is 0 Å². The third-order valence-electron chi connectivity index (χ3n) is 2.89. The molecule has 0 aliphatic carbocycles. The smallest absolute Gasteiger partial charge is 0.232 e. The SMILES string of the molecule is Cc1ccc(CN(c2ccccc2)S(C)(=O)=O)cc1. The molecular weight excluding hydrogens is 258 g/mol. The van der Waals surface area contributed by atoms with Crippen molar-refractivity contribution in [3.63, 3.8) is 0 Å². The van der Waals surface area contributed by atoms with Gasteiger partial charge in [-0.25, -0.2) is 8.42 Å². The zero-order valence-electron chi connectivity index (χ0n) is 11.1. The van der Waals surface area contributed by atoms with Crippen LogP contribution >= 0.6 is 0 Å². The number of hydrogen-bond donors (Lipinski definition) is 0. The Labute approximate surface area is 114 Å². The average molecular weight is 275 g/mol. The molecule has 0 aliphatic rings. The molecule has 0 aliphatic heterocycles. The maximum Gasteiger partial charge on any atom is 0.232 e. The topological polar surface area (TPSA) is 37.4 Å². The standard InChI is InChI=1S/C15H17NO2S/c1-13-8-10-14(11-9-13)12-16(19(2,17)18)15-6-4-3-5-7-15/h3-11H,12H2,1-2H3. The van der Waals surface area contributed by atoms with Gasteiger partial charge in [-0.2, -0.15) is 0 Å². The fourth-order valence-corrected chi connectivity index (χ4v) is 2.74. The summed E-state index contributed by atoms with van der Waals surface area (Å²) in [6, 6.07) is 17.0. The number of benzene rings is 2. The summed E-state index contributed by atoms with van der Waals surface area (Å²) in [5.41, 5.74) is 2.82. The molecule has 0 fully saturated rings. The van der Waals surface area contributed by atoms with Crippen LogP contribution in [0, 0.1) is 6.92 Å². The molecule has 0 bridgehead atoms. The highest BCUT2D eigenvalue weighted by atomic mass is 32.2. The van der Waals surface area contributed by atoms with Crippen molar-refractivity contribution in [2.75, 3.05) is 10.6 Å². The van der Waals surface area contributed by atoms with Gasteiger partial charge in [-0.15, -0.1) is 0 Å².